The van der Waals surface area contributed by atoms with Crippen molar-refractivity contribution in [3.05, 3.63) is 59.8 Å². The molecule has 5 heteroatoms. The number of para-hydroxylation sites is 1. The van der Waals surface area contributed by atoms with E-state index in [4.69, 9.17) is 16.1 Å². The van der Waals surface area contributed by atoms with Crippen LogP contribution in [0.2, 0.25) is 0 Å². The highest BCUT2D eigenvalue weighted by atomic mass is 35.5. The van der Waals surface area contributed by atoms with Crippen LogP contribution in [-0.4, -0.2) is 11.1 Å². The Morgan fingerprint density at radius 3 is 2.90 bits per heavy atom. The smallest absolute Gasteiger partial charge is 0.230 e. The Morgan fingerprint density at radius 2 is 2.05 bits per heavy atom. The van der Waals surface area contributed by atoms with Crippen LogP contribution < -0.4 is 5.32 Å². The van der Waals surface area contributed by atoms with Crippen LogP contribution >= 0.6 is 11.6 Å². The molecule has 0 bridgehead atoms. The summed E-state index contributed by atoms with van der Waals surface area (Å²) < 4.78 is 5.19. The molecule has 0 radical (unpaired) electrons. The van der Waals surface area contributed by atoms with E-state index in [1.807, 2.05) is 48.5 Å². The first-order valence-electron chi connectivity index (χ1n) is 6.54. The minimum atomic E-state index is -0.138. The molecule has 0 spiro atoms. The van der Waals surface area contributed by atoms with Gasteiger partial charge in [-0.25, -0.2) is 0 Å². The van der Waals surface area contributed by atoms with Crippen LogP contribution in [0.15, 0.2) is 53.1 Å². The number of rotatable bonds is 4. The number of aromatic nitrogens is 1. The summed E-state index contributed by atoms with van der Waals surface area (Å²) in [4.78, 5) is 12.1. The molecule has 0 aliphatic rings. The number of carbonyl (C=O) groups excluding carboxylic acids is 1. The summed E-state index contributed by atoms with van der Waals surface area (Å²) in [7, 11) is 0. The predicted octanol–water partition coefficient (Wildman–Crippen LogP) is 3.75. The van der Waals surface area contributed by atoms with E-state index in [9.17, 15) is 4.79 Å². The summed E-state index contributed by atoms with van der Waals surface area (Å²) >= 11 is 5.78. The molecule has 1 amide bonds. The van der Waals surface area contributed by atoms with Crippen molar-refractivity contribution in [2.45, 2.75) is 12.3 Å². The second-order valence-electron chi connectivity index (χ2n) is 4.68. The lowest BCUT2D eigenvalue weighted by Crippen LogP contribution is -2.14. The van der Waals surface area contributed by atoms with Crippen molar-refractivity contribution in [2.75, 3.05) is 5.32 Å². The second-order valence-corrected chi connectivity index (χ2v) is 4.95. The van der Waals surface area contributed by atoms with Crippen molar-refractivity contribution in [3.8, 4) is 0 Å². The zero-order valence-electron chi connectivity index (χ0n) is 11.2. The van der Waals surface area contributed by atoms with Gasteiger partial charge in [0.15, 0.2) is 5.58 Å². The van der Waals surface area contributed by atoms with E-state index < -0.39 is 0 Å². The average molecular weight is 301 g/mol. The van der Waals surface area contributed by atoms with Gasteiger partial charge in [-0.15, -0.1) is 11.6 Å². The average Bonchev–Trinajstić information content (AvgIpc) is 2.91. The van der Waals surface area contributed by atoms with Gasteiger partial charge in [-0.05, 0) is 29.8 Å². The van der Waals surface area contributed by atoms with E-state index in [1.54, 1.807) is 0 Å². The van der Waals surface area contributed by atoms with Gasteiger partial charge in [0.2, 0.25) is 5.91 Å². The Morgan fingerprint density at radius 1 is 1.19 bits per heavy atom. The zero-order valence-corrected chi connectivity index (χ0v) is 11.9. The minimum Gasteiger partial charge on any atom is -0.356 e. The summed E-state index contributed by atoms with van der Waals surface area (Å²) in [5.74, 6) is 0.276. The van der Waals surface area contributed by atoms with E-state index in [0.29, 0.717) is 17.2 Å². The van der Waals surface area contributed by atoms with Crippen LogP contribution in [0.1, 0.15) is 11.3 Å². The highest BCUT2D eigenvalue weighted by Gasteiger charge is 2.12. The van der Waals surface area contributed by atoms with E-state index in [1.165, 1.54) is 0 Å². The van der Waals surface area contributed by atoms with Gasteiger partial charge in [-0.1, -0.05) is 29.4 Å². The number of fused-ring (bicyclic) bond motifs is 1. The third kappa shape index (κ3) is 3.06. The van der Waals surface area contributed by atoms with E-state index in [2.05, 4.69) is 10.5 Å². The molecular formula is C16H13ClN2O2. The molecule has 0 atom stereocenters. The summed E-state index contributed by atoms with van der Waals surface area (Å²) in [5, 5.41) is 7.66. The van der Waals surface area contributed by atoms with Crippen LogP contribution in [-0.2, 0) is 17.1 Å². The van der Waals surface area contributed by atoms with Crippen molar-refractivity contribution in [2.24, 2.45) is 0 Å². The molecule has 0 unspecified atom stereocenters. The number of alkyl halides is 1. The Kier molecular flexibility index (Phi) is 3.88. The number of anilines is 1. The number of hydrogen-bond acceptors (Lipinski definition) is 3. The largest absolute Gasteiger partial charge is 0.356 e. The van der Waals surface area contributed by atoms with Gasteiger partial charge < -0.3 is 9.84 Å². The molecule has 1 heterocycles. The molecule has 0 saturated carbocycles. The quantitative estimate of drug-likeness (QED) is 0.747. The number of benzene rings is 2. The molecule has 2 aromatic carbocycles. The summed E-state index contributed by atoms with van der Waals surface area (Å²) in [5.41, 5.74) is 3.01. The number of nitrogens with zero attached hydrogens (tertiary/aromatic N) is 1. The molecule has 3 rings (SSSR count). The fourth-order valence-corrected chi connectivity index (χ4v) is 2.32. The Hall–Kier alpha value is -2.33. The zero-order chi connectivity index (χ0) is 14.7. The van der Waals surface area contributed by atoms with E-state index in [0.717, 1.165) is 16.6 Å². The normalized spacial score (nSPS) is 10.7. The molecule has 106 valence electrons. The molecule has 4 nitrogen and oxygen atoms in total. The highest BCUT2D eigenvalue weighted by Crippen LogP contribution is 2.19. The van der Waals surface area contributed by atoms with E-state index in [-0.39, 0.29) is 12.3 Å². The lowest BCUT2D eigenvalue weighted by Gasteiger charge is -2.05. The van der Waals surface area contributed by atoms with Crippen LogP contribution in [0.25, 0.3) is 11.0 Å². The minimum absolute atomic E-state index is 0.138. The molecule has 1 N–H and O–H groups in total. The number of halogens is 1. The van der Waals surface area contributed by atoms with Gasteiger partial charge in [0.05, 0.1) is 6.42 Å². The Balaban J connectivity index is 1.74. The van der Waals surface area contributed by atoms with Crippen molar-refractivity contribution < 1.29 is 9.32 Å². The molecule has 0 aliphatic heterocycles. The first-order valence-corrected chi connectivity index (χ1v) is 7.08. The van der Waals surface area contributed by atoms with E-state index >= 15 is 0 Å². The number of carbonyl (C=O) groups is 1. The maximum absolute atomic E-state index is 12.1. The first kappa shape index (κ1) is 13.6. The van der Waals surface area contributed by atoms with Gasteiger partial charge >= 0.3 is 0 Å². The number of nitrogens with one attached hydrogen (secondary N) is 1. The first-order chi connectivity index (χ1) is 10.3. The summed E-state index contributed by atoms with van der Waals surface area (Å²) in [6.07, 6.45) is 0.169. The monoisotopic (exact) mass is 300 g/mol. The molecule has 0 fully saturated rings. The lowest BCUT2D eigenvalue weighted by molar-refractivity contribution is -0.115. The van der Waals surface area contributed by atoms with Gasteiger partial charge in [0.25, 0.3) is 0 Å². The standard InChI is InChI=1S/C16H13ClN2O2/c17-10-11-4-3-5-12(8-11)18-16(20)9-14-13-6-1-2-7-15(13)21-19-14/h1-8H,9-10H2,(H,18,20). The van der Waals surface area contributed by atoms with Crippen LogP contribution in [0, 0.1) is 0 Å². The fraction of sp³-hybridized carbons (Fsp3) is 0.125. The third-order valence-electron chi connectivity index (χ3n) is 3.15. The number of hydrogen-bond donors (Lipinski definition) is 1. The fourth-order valence-electron chi connectivity index (χ4n) is 2.16. The highest BCUT2D eigenvalue weighted by molar-refractivity contribution is 6.17. The van der Waals surface area contributed by atoms with Crippen molar-refractivity contribution in [1.82, 2.24) is 5.16 Å². The lowest BCUT2D eigenvalue weighted by atomic mass is 10.1. The molecule has 1 aromatic heterocycles. The Labute approximate surface area is 126 Å². The molecule has 21 heavy (non-hydrogen) atoms. The van der Waals surface area contributed by atoms with Crippen LogP contribution in [0.4, 0.5) is 5.69 Å². The Bertz CT molecular complexity index is 783. The molecular weight excluding hydrogens is 288 g/mol. The van der Waals surface area contributed by atoms with Crippen molar-refractivity contribution >= 4 is 34.2 Å². The third-order valence-corrected chi connectivity index (χ3v) is 3.45. The van der Waals surface area contributed by atoms with Crippen LogP contribution in [0.5, 0.6) is 0 Å². The van der Waals surface area contributed by atoms with Crippen molar-refractivity contribution in [3.63, 3.8) is 0 Å². The maximum Gasteiger partial charge on any atom is 0.230 e. The molecule has 0 saturated heterocycles. The van der Waals surface area contributed by atoms with Gasteiger partial charge in [0.1, 0.15) is 5.69 Å². The van der Waals surface area contributed by atoms with Crippen LogP contribution in [0.3, 0.4) is 0 Å². The van der Waals surface area contributed by atoms with Crippen molar-refractivity contribution in [1.29, 1.82) is 0 Å². The van der Waals surface area contributed by atoms with Gasteiger partial charge in [-0.3, -0.25) is 4.79 Å². The second kappa shape index (κ2) is 5.97. The summed E-state index contributed by atoms with van der Waals surface area (Å²) in [6, 6.07) is 14.9. The van der Waals surface area contributed by atoms with Gasteiger partial charge in [0, 0.05) is 17.0 Å². The topological polar surface area (TPSA) is 55.1 Å². The maximum atomic E-state index is 12.1. The SMILES string of the molecule is O=C(Cc1noc2ccccc12)Nc1cccc(CCl)c1. The number of amides is 1. The molecule has 3 aromatic rings. The predicted molar refractivity (Wildman–Crippen MR) is 82.3 cm³/mol. The summed E-state index contributed by atoms with van der Waals surface area (Å²) in [6.45, 7) is 0. The van der Waals surface area contributed by atoms with Gasteiger partial charge in [-0.2, -0.15) is 0 Å². The molecule has 0 aliphatic carbocycles.